The molecule has 33 heavy (non-hydrogen) atoms. The summed E-state index contributed by atoms with van der Waals surface area (Å²) < 4.78 is 67.7. The Morgan fingerprint density at radius 2 is 1.85 bits per heavy atom. The van der Waals surface area contributed by atoms with Crippen molar-refractivity contribution in [3.63, 3.8) is 0 Å². The van der Waals surface area contributed by atoms with Crippen LogP contribution in [-0.4, -0.2) is 60.9 Å². The van der Waals surface area contributed by atoms with Gasteiger partial charge in [-0.15, -0.1) is 4.31 Å². The maximum absolute atomic E-state index is 12.7. The number of hydrogen-bond acceptors (Lipinski definition) is 6. The van der Waals surface area contributed by atoms with Gasteiger partial charge in [0.05, 0.1) is 0 Å². The van der Waals surface area contributed by atoms with Crippen LogP contribution in [0.3, 0.4) is 0 Å². The third-order valence-electron chi connectivity index (χ3n) is 5.58. The Kier molecular flexibility index (Phi) is 6.68. The number of aromatic nitrogens is 4. The summed E-state index contributed by atoms with van der Waals surface area (Å²) in [7, 11) is -3.24. The molecular weight excluding hydrogens is 459 g/mol. The minimum absolute atomic E-state index is 0.116. The number of piperidine rings is 1. The van der Waals surface area contributed by atoms with Crippen LogP contribution in [-0.2, 0) is 27.5 Å². The summed E-state index contributed by atoms with van der Waals surface area (Å²) in [6.45, 7) is -0.691. The van der Waals surface area contributed by atoms with Crippen LogP contribution in [0.15, 0.2) is 30.6 Å². The van der Waals surface area contributed by atoms with Crippen molar-refractivity contribution >= 4 is 21.2 Å². The number of aromatic amines is 1. The first kappa shape index (κ1) is 23.6. The molecule has 0 amide bonds. The van der Waals surface area contributed by atoms with E-state index >= 15 is 0 Å². The van der Waals surface area contributed by atoms with Crippen molar-refractivity contribution in [2.75, 3.05) is 26.0 Å². The molecule has 3 aromatic rings. The number of H-pyrrole nitrogens is 1. The van der Waals surface area contributed by atoms with Crippen LogP contribution in [0.1, 0.15) is 30.1 Å². The maximum atomic E-state index is 12.7. The van der Waals surface area contributed by atoms with Crippen LogP contribution in [0.25, 0.3) is 10.8 Å². The molecule has 4 rings (SSSR count). The van der Waals surface area contributed by atoms with E-state index in [2.05, 4.69) is 19.9 Å². The molecular formula is C21H24F3N5O3S. The zero-order valence-corrected chi connectivity index (χ0v) is 18.8. The second-order valence-electron chi connectivity index (χ2n) is 8.26. The lowest BCUT2D eigenvalue weighted by molar-refractivity contribution is -0.154. The van der Waals surface area contributed by atoms with Gasteiger partial charge in [-0.05, 0) is 41.2 Å². The molecule has 1 fully saturated rings. The number of alkyl halides is 3. The molecule has 0 bridgehead atoms. The molecule has 1 aromatic carbocycles. The second kappa shape index (κ2) is 9.35. The molecule has 2 aromatic heterocycles. The van der Waals surface area contributed by atoms with E-state index in [-0.39, 0.29) is 11.9 Å². The van der Waals surface area contributed by atoms with Crippen molar-refractivity contribution in [1.82, 2.24) is 24.2 Å². The van der Waals surface area contributed by atoms with Gasteiger partial charge in [-0.3, -0.25) is 0 Å². The van der Waals surface area contributed by atoms with E-state index in [1.807, 2.05) is 30.6 Å². The standard InChI is InChI=1S/C21H24F3N5O3S/c1-33(30,31)29-6-4-14(5-7-29)9-18-26-19(28-20(27-18)32-13-21(22,23)24)10-15-2-3-16-11-25-12-17(16)8-15/h2-3,8,11-12,14,25H,4-7,9-10,13H2,1H3. The second-order valence-corrected chi connectivity index (χ2v) is 10.2. The highest BCUT2D eigenvalue weighted by Gasteiger charge is 2.30. The van der Waals surface area contributed by atoms with E-state index in [1.54, 1.807) is 0 Å². The Balaban J connectivity index is 1.52. The molecule has 1 N–H and O–H groups in total. The molecule has 0 aliphatic carbocycles. The highest BCUT2D eigenvalue weighted by Crippen LogP contribution is 2.25. The van der Waals surface area contributed by atoms with Gasteiger partial charge >= 0.3 is 12.2 Å². The minimum atomic E-state index is -4.51. The molecule has 0 saturated carbocycles. The van der Waals surface area contributed by atoms with Gasteiger partial charge in [0.2, 0.25) is 0 Å². The van der Waals surface area contributed by atoms with Gasteiger partial charge < -0.3 is 14.3 Å². The van der Waals surface area contributed by atoms with Crippen molar-refractivity contribution < 1.29 is 26.7 Å². The number of nitrogens with zero attached hydrogens (tertiary/aromatic N) is 4. The fourth-order valence-corrected chi connectivity index (χ4v) is 4.80. The molecule has 3 heterocycles. The van der Waals surface area contributed by atoms with Crippen molar-refractivity contribution in [2.45, 2.75) is 31.9 Å². The van der Waals surface area contributed by atoms with Gasteiger partial charge in [-0.1, -0.05) is 16.3 Å². The van der Waals surface area contributed by atoms with Gasteiger partial charge in [0, 0.05) is 38.3 Å². The molecule has 178 valence electrons. The molecule has 1 saturated heterocycles. The minimum Gasteiger partial charge on any atom is -0.598 e. The number of nitrogens with one attached hydrogen (secondary N) is 1. The normalized spacial score (nSPS) is 17.8. The Labute approximate surface area is 190 Å². The lowest BCUT2D eigenvalue weighted by Crippen LogP contribution is -2.41. The summed E-state index contributed by atoms with van der Waals surface area (Å²) in [5.41, 5.74) is 0.905. The average Bonchev–Trinajstić information content (AvgIpc) is 3.19. The Morgan fingerprint density at radius 3 is 2.55 bits per heavy atom. The summed E-state index contributed by atoms with van der Waals surface area (Å²) >= 11 is 0. The largest absolute Gasteiger partial charge is 0.598 e. The summed E-state index contributed by atoms with van der Waals surface area (Å²) in [4.78, 5) is 15.7. The number of sulfonamides is 1. The Bertz CT molecular complexity index is 1160. The van der Waals surface area contributed by atoms with Gasteiger partial charge in [0.15, 0.2) is 6.61 Å². The first-order chi connectivity index (χ1) is 15.5. The van der Waals surface area contributed by atoms with E-state index in [1.165, 1.54) is 10.6 Å². The SMILES string of the molecule is C[S+](=O)([O-])N1CCC(Cc2nc(Cc3ccc4c[nH]cc4c3)nc(OCC(F)(F)F)n2)CC1. The van der Waals surface area contributed by atoms with Crippen LogP contribution in [0.4, 0.5) is 13.2 Å². The number of benzene rings is 1. The fraction of sp³-hybridized carbons (Fsp3) is 0.476. The Morgan fingerprint density at radius 1 is 1.15 bits per heavy atom. The van der Waals surface area contributed by atoms with Gasteiger partial charge in [-0.2, -0.15) is 23.1 Å². The van der Waals surface area contributed by atoms with Crippen LogP contribution in [0, 0.1) is 5.92 Å². The first-order valence-electron chi connectivity index (χ1n) is 10.5. The van der Waals surface area contributed by atoms with E-state index in [4.69, 9.17) is 4.74 Å². The van der Waals surface area contributed by atoms with Gasteiger partial charge in [0.25, 0.3) is 0 Å². The lowest BCUT2D eigenvalue weighted by atomic mass is 9.94. The monoisotopic (exact) mass is 483 g/mol. The molecule has 0 radical (unpaired) electrons. The van der Waals surface area contributed by atoms with Crippen LogP contribution >= 0.6 is 0 Å². The smallest absolute Gasteiger partial charge is 0.422 e. The summed E-state index contributed by atoms with van der Waals surface area (Å²) in [6.07, 6.45) is 2.37. The maximum Gasteiger partial charge on any atom is 0.422 e. The number of hydrogen-bond donors (Lipinski definition) is 1. The first-order valence-corrected chi connectivity index (χ1v) is 12.3. The molecule has 1 unspecified atom stereocenters. The zero-order chi connectivity index (χ0) is 23.6. The molecule has 1 atom stereocenters. The van der Waals surface area contributed by atoms with Crippen molar-refractivity contribution in [3.8, 4) is 6.01 Å². The topological polar surface area (TPSA) is 107 Å². The van der Waals surface area contributed by atoms with E-state index in [0.717, 1.165) is 16.3 Å². The highest BCUT2D eigenvalue weighted by molar-refractivity contribution is 7.94. The quantitative estimate of drug-likeness (QED) is 0.517. The molecule has 1 aliphatic heterocycles. The van der Waals surface area contributed by atoms with E-state index in [0.29, 0.717) is 50.4 Å². The highest BCUT2D eigenvalue weighted by atomic mass is 32.3. The summed E-state index contributed by atoms with van der Waals surface area (Å²) in [6, 6.07) is 5.46. The van der Waals surface area contributed by atoms with Crippen molar-refractivity contribution in [1.29, 1.82) is 0 Å². The van der Waals surface area contributed by atoms with Gasteiger partial charge in [-0.25, -0.2) is 4.98 Å². The Hall–Kier alpha value is -2.57. The van der Waals surface area contributed by atoms with Crippen LogP contribution in [0.5, 0.6) is 6.01 Å². The van der Waals surface area contributed by atoms with Crippen LogP contribution < -0.4 is 4.74 Å². The van der Waals surface area contributed by atoms with Crippen LogP contribution in [0.2, 0.25) is 0 Å². The van der Waals surface area contributed by atoms with Crippen molar-refractivity contribution in [2.24, 2.45) is 5.92 Å². The predicted octanol–water partition coefficient (Wildman–Crippen LogP) is 3.31. The number of rotatable bonds is 7. The molecule has 12 heteroatoms. The number of ether oxygens (including phenoxy) is 1. The average molecular weight is 484 g/mol. The third kappa shape index (κ3) is 6.49. The lowest BCUT2D eigenvalue weighted by Gasteiger charge is -2.32. The zero-order valence-electron chi connectivity index (χ0n) is 18.0. The van der Waals surface area contributed by atoms with Crippen molar-refractivity contribution in [3.05, 3.63) is 47.8 Å². The molecule has 8 nitrogen and oxygen atoms in total. The molecule has 1 aliphatic rings. The molecule has 0 spiro atoms. The fourth-order valence-electron chi connectivity index (χ4n) is 3.92. The number of halogens is 3. The van der Waals surface area contributed by atoms with E-state index < -0.39 is 23.2 Å². The summed E-state index contributed by atoms with van der Waals surface area (Å²) in [5, 5.41) is 2.05. The summed E-state index contributed by atoms with van der Waals surface area (Å²) in [5.74, 6) is 0.781. The van der Waals surface area contributed by atoms with E-state index in [9.17, 15) is 21.9 Å². The third-order valence-corrected chi connectivity index (χ3v) is 6.88. The number of fused-ring (bicyclic) bond motifs is 1. The van der Waals surface area contributed by atoms with Gasteiger partial charge in [0.1, 0.15) is 28.3 Å². The predicted molar refractivity (Wildman–Crippen MR) is 115 cm³/mol.